The maximum Gasteiger partial charge on any atom is 0.336 e. The smallest absolute Gasteiger partial charge is 0.336 e. The van der Waals surface area contributed by atoms with E-state index < -0.39 is 5.97 Å². The molecule has 0 fully saturated rings. The summed E-state index contributed by atoms with van der Waals surface area (Å²) in [4.78, 5) is 16.1. The van der Waals surface area contributed by atoms with E-state index in [1.54, 1.807) is 37.5 Å². The number of aromatic nitrogens is 1. The zero-order valence-electron chi connectivity index (χ0n) is 14.6. The van der Waals surface area contributed by atoms with Crippen LogP contribution in [0.2, 0.25) is 0 Å². The Balaban J connectivity index is 1.74. The van der Waals surface area contributed by atoms with Gasteiger partial charge in [-0.2, -0.15) is 0 Å². The molecule has 1 N–H and O–H groups in total. The largest absolute Gasteiger partial charge is 0.493 e. The Labute approximate surface area is 155 Å². The van der Waals surface area contributed by atoms with E-state index in [2.05, 4.69) is 4.98 Å². The molecule has 6 heteroatoms. The van der Waals surface area contributed by atoms with Crippen LogP contribution < -0.4 is 14.2 Å². The number of para-hydroxylation sites is 1. The molecular weight excluding hydrogens is 346 g/mol. The first kappa shape index (κ1) is 16.9. The minimum Gasteiger partial charge on any atom is -0.493 e. The number of benzene rings is 2. The first-order valence-electron chi connectivity index (χ1n) is 8.44. The van der Waals surface area contributed by atoms with Gasteiger partial charge in [0.25, 0.3) is 0 Å². The van der Waals surface area contributed by atoms with Crippen LogP contribution in [0.5, 0.6) is 17.2 Å². The van der Waals surface area contributed by atoms with Gasteiger partial charge in [-0.3, -0.25) is 0 Å². The summed E-state index contributed by atoms with van der Waals surface area (Å²) in [6.45, 7) is 0.967. The number of hydrogen-bond acceptors (Lipinski definition) is 5. The van der Waals surface area contributed by atoms with Crippen LogP contribution in [0.1, 0.15) is 21.6 Å². The molecule has 0 amide bonds. The summed E-state index contributed by atoms with van der Waals surface area (Å²) in [6, 6.07) is 12.4. The molecule has 1 aliphatic rings. The number of carbonyl (C=O) groups is 1. The highest BCUT2D eigenvalue weighted by Gasteiger charge is 2.18. The molecule has 2 aromatic carbocycles. The maximum atomic E-state index is 11.6. The van der Waals surface area contributed by atoms with Gasteiger partial charge >= 0.3 is 5.97 Å². The number of rotatable bonds is 4. The fourth-order valence-electron chi connectivity index (χ4n) is 3.03. The highest BCUT2D eigenvalue weighted by atomic mass is 16.6. The molecule has 0 unspecified atom stereocenters. The average Bonchev–Trinajstić information content (AvgIpc) is 2.70. The summed E-state index contributed by atoms with van der Waals surface area (Å²) in [7, 11) is 1.57. The van der Waals surface area contributed by atoms with Gasteiger partial charge in [-0.1, -0.05) is 24.3 Å². The second-order valence-corrected chi connectivity index (χ2v) is 6.00. The molecule has 27 heavy (non-hydrogen) atoms. The summed E-state index contributed by atoms with van der Waals surface area (Å²) >= 11 is 0. The first-order chi connectivity index (χ1) is 13.2. The van der Waals surface area contributed by atoms with Crippen LogP contribution in [-0.2, 0) is 0 Å². The number of methoxy groups -OCH3 is 1. The monoisotopic (exact) mass is 363 g/mol. The lowest BCUT2D eigenvalue weighted by atomic mass is 10.1. The molecule has 0 saturated carbocycles. The number of fused-ring (bicyclic) bond motifs is 2. The standard InChI is InChI=1S/C21H17NO5/c1-25-18-10-13(11-19-20(18)27-9-8-26-19)6-7-14-12-16(21(23)24)15-4-2-3-5-17(15)22-14/h2-7,10-12H,8-9H2,1H3,(H,23,24)/b7-6+. The van der Waals surface area contributed by atoms with E-state index in [1.165, 1.54) is 0 Å². The van der Waals surface area contributed by atoms with Gasteiger partial charge < -0.3 is 19.3 Å². The number of aromatic carboxylic acids is 1. The molecule has 0 aliphatic carbocycles. The van der Waals surface area contributed by atoms with Crippen molar-refractivity contribution in [3.8, 4) is 17.2 Å². The molecule has 0 spiro atoms. The molecule has 3 aromatic rings. The number of pyridine rings is 1. The zero-order valence-corrected chi connectivity index (χ0v) is 14.6. The molecule has 6 nitrogen and oxygen atoms in total. The van der Waals surface area contributed by atoms with Crippen LogP contribution in [0, 0.1) is 0 Å². The van der Waals surface area contributed by atoms with Gasteiger partial charge in [-0.25, -0.2) is 9.78 Å². The third kappa shape index (κ3) is 3.29. The van der Waals surface area contributed by atoms with Crippen LogP contribution in [0.4, 0.5) is 0 Å². The molecule has 0 bridgehead atoms. The Hall–Kier alpha value is -3.54. The molecule has 0 saturated heterocycles. The van der Waals surface area contributed by atoms with Gasteiger partial charge in [-0.15, -0.1) is 0 Å². The van der Waals surface area contributed by atoms with Crippen molar-refractivity contribution in [1.82, 2.24) is 4.98 Å². The molecular formula is C21H17NO5. The summed E-state index contributed by atoms with van der Waals surface area (Å²) in [6.07, 6.45) is 3.60. The first-order valence-corrected chi connectivity index (χ1v) is 8.44. The zero-order chi connectivity index (χ0) is 18.8. The summed E-state index contributed by atoms with van der Waals surface area (Å²) in [5.41, 5.74) is 2.25. The van der Waals surface area contributed by atoms with Crippen molar-refractivity contribution in [1.29, 1.82) is 0 Å². The quantitative estimate of drug-likeness (QED) is 0.758. The van der Waals surface area contributed by atoms with Crippen molar-refractivity contribution in [3.63, 3.8) is 0 Å². The lowest BCUT2D eigenvalue weighted by molar-refractivity contribution is 0.0699. The van der Waals surface area contributed by atoms with E-state index in [-0.39, 0.29) is 5.56 Å². The van der Waals surface area contributed by atoms with Crippen molar-refractivity contribution >= 4 is 29.0 Å². The minimum absolute atomic E-state index is 0.222. The van der Waals surface area contributed by atoms with Crippen LogP contribution in [0.3, 0.4) is 0 Å². The molecule has 1 aromatic heterocycles. The predicted molar refractivity (Wildman–Crippen MR) is 102 cm³/mol. The van der Waals surface area contributed by atoms with Crippen molar-refractivity contribution in [2.75, 3.05) is 20.3 Å². The van der Waals surface area contributed by atoms with Gasteiger partial charge in [0.1, 0.15) is 13.2 Å². The molecule has 4 rings (SSSR count). The van der Waals surface area contributed by atoms with Gasteiger partial charge in [0, 0.05) is 5.39 Å². The molecule has 1 aliphatic heterocycles. The minimum atomic E-state index is -0.982. The maximum absolute atomic E-state index is 11.6. The Morgan fingerprint density at radius 1 is 1.15 bits per heavy atom. The number of nitrogens with zero attached hydrogens (tertiary/aromatic N) is 1. The van der Waals surface area contributed by atoms with Gasteiger partial charge in [0.15, 0.2) is 11.5 Å². The number of carboxylic acids is 1. The van der Waals surface area contributed by atoms with Crippen LogP contribution in [0.25, 0.3) is 23.1 Å². The number of ether oxygens (including phenoxy) is 3. The highest BCUT2D eigenvalue weighted by Crippen LogP contribution is 2.40. The van der Waals surface area contributed by atoms with Crippen LogP contribution >= 0.6 is 0 Å². The second kappa shape index (κ2) is 6.99. The van der Waals surface area contributed by atoms with E-state index in [0.717, 1.165) is 5.56 Å². The highest BCUT2D eigenvalue weighted by molar-refractivity contribution is 6.03. The Morgan fingerprint density at radius 3 is 2.78 bits per heavy atom. The van der Waals surface area contributed by atoms with Crippen molar-refractivity contribution in [2.45, 2.75) is 0 Å². The molecule has 136 valence electrons. The number of carboxylic acid groups (broad SMARTS) is 1. The third-order valence-corrected chi connectivity index (χ3v) is 4.26. The van der Waals surface area contributed by atoms with E-state index in [0.29, 0.717) is 47.1 Å². The fraction of sp³-hybridized carbons (Fsp3) is 0.143. The molecule has 2 heterocycles. The fourth-order valence-corrected chi connectivity index (χ4v) is 3.03. The molecule has 0 atom stereocenters. The summed E-state index contributed by atoms with van der Waals surface area (Å²) in [5.74, 6) is 0.824. The number of hydrogen-bond donors (Lipinski definition) is 1. The van der Waals surface area contributed by atoms with E-state index in [9.17, 15) is 9.90 Å². The van der Waals surface area contributed by atoms with Crippen molar-refractivity contribution in [2.24, 2.45) is 0 Å². The Kier molecular flexibility index (Phi) is 4.38. The lowest BCUT2D eigenvalue weighted by Crippen LogP contribution is -2.16. The second-order valence-electron chi connectivity index (χ2n) is 6.00. The third-order valence-electron chi connectivity index (χ3n) is 4.26. The van der Waals surface area contributed by atoms with Crippen LogP contribution in [-0.4, -0.2) is 36.4 Å². The van der Waals surface area contributed by atoms with E-state index >= 15 is 0 Å². The van der Waals surface area contributed by atoms with Gasteiger partial charge in [0.05, 0.1) is 23.9 Å². The Morgan fingerprint density at radius 2 is 1.96 bits per heavy atom. The normalized spacial score (nSPS) is 13.1. The van der Waals surface area contributed by atoms with Crippen molar-refractivity contribution in [3.05, 3.63) is 59.3 Å². The van der Waals surface area contributed by atoms with Crippen LogP contribution in [0.15, 0.2) is 42.5 Å². The topological polar surface area (TPSA) is 77.9 Å². The molecule has 0 radical (unpaired) electrons. The average molecular weight is 363 g/mol. The summed E-state index contributed by atoms with van der Waals surface area (Å²) < 4.78 is 16.6. The summed E-state index contributed by atoms with van der Waals surface area (Å²) in [5, 5.41) is 10.1. The SMILES string of the molecule is COc1cc(/C=C/c2cc(C(=O)O)c3ccccc3n2)cc2c1OCCO2. The Bertz CT molecular complexity index is 1040. The predicted octanol–water partition coefficient (Wildman–Crippen LogP) is 3.88. The van der Waals surface area contributed by atoms with Gasteiger partial charge in [-0.05, 0) is 35.9 Å². The van der Waals surface area contributed by atoms with E-state index in [4.69, 9.17) is 14.2 Å². The van der Waals surface area contributed by atoms with Gasteiger partial charge in [0.2, 0.25) is 5.75 Å². The van der Waals surface area contributed by atoms with Crippen molar-refractivity contribution < 1.29 is 24.1 Å². The van der Waals surface area contributed by atoms with E-state index in [1.807, 2.05) is 24.3 Å². The lowest BCUT2D eigenvalue weighted by Gasteiger charge is -2.20.